The molecule has 4 rings (SSSR count). The lowest BCUT2D eigenvalue weighted by Crippen LogP contribution is -2.41. The highest BCUT2D eigenvalue weighted by molar-refractivity contribution is 5.80. The second kappa shape index (κ2) is 6.35. The van der Waals surface area contributed by atoms with Gasteiger partial charge in [0.15, 0.2) is 0 Å². The van der Waals surface area contributed by atoms with Gasteiger partial charge in [-0.3, -0.25) is 4.79 Å². The normalized spacial score (nSPS) is 17.1. The molecule has 6 nitrogen and oxygen atoms in total. The van der Waals surface area contributed by atoms with Gasteiger partial charge in [-0.25, -0.2) is 9.97 Å². The number of benzene rings is 1. The molecule has 1 saturated heterocycles. The number of imidazole rings is 2. The Hall–Kier alpha value is -2.63. The Morgan fingerprint density at radius 3 is 2.80 bits per heavy atom. The number of aromatic nitrogens is 4. The van der Waals surface area contributed by atoms with Gasteiger partial charge >= 0.3 is 0 Å². The first-order valence-corrected chi connectivity index (χ1v) is 8.85. The first-order valence-electron chi connectivity index (χ1n) is 8.85. The molecule has 6 heteroatoms. The van der Waals surface area contributed by atoms with Crippen LogP contribution in [0.1, 0.15) is 43.1 Å². The number of aromatic amines is 1. The maximum Gasteiger partial charge on any atom is 0.245 e. The molecule has 1 amide bonds. The lowest BCUT2D eigenvalue weighted by Gasteiger charge is -2.33. The molecule has 0 bridgehead atoms. The number of carbonyl (C=O) groups is 1. The summed E-state index contributed by atoms with van der Waals surface area (Å²) in [5.41, 5.74) is 3.36. The van der Waals surface area contributed by atoms with Crippen LogP contribution in [0.5, 0.6) is 0 Å². The average molecular weight is 337 g/mol. The van der Waals surface area contributed by atoms with Gasteiger partial charge < -0.3 is 14.5 Å². The zero-order chi connectivity index (χ0) is 17.4. The topological polar surface area (TPSA) is 66.8 Å². The van der Waals surface area contributed by atoms with E-state index in [4.69, 9.17) is 4.98 Å². The quantitative estimate of drug-likeness (QED) is 0.799. The average Bonchev–Trinajstić information content (AvgIpc) is 3.31. The Morgan fingerprint density at radius 1 is 1.32 bits per heavy atom. The van der Waals surface area contributed by atoms with E-state index in [1.807, 2.05) is 22.6 Å². The summed E-state index contributed by atoms with van der Waals surface area (Å²) in [6, 6.07) is 6.02. The van der Waals surface area contributed by atoms with Crippen molar-refractivity contribution in [3.8, 4) is 0 Å². The van der Waals surface area contributed by atoms with Crippen LogP contribution >= 0.6 is 0 Å². The molecule has 1 aromatic carbocycles. The van der Waals surface area contributed by atoms with Crippen molar-refractivity contribution in [1.82, 2.24) is 24.4 Å². The molecule has 2 aromatic heterocycles. The van der Waals surface area contributed by atoms with Crippen molar-refractivity contribution in [1.29, 1.82) is 0 Å². The van der Waals surface area contributed by atoms with Crippen molar-refractivity contribution in [2.75, 3.05) is 13.1 Å². The van der Waals surface area contributed by atoms with Crippen LogP contribution in [0.15, 0.2) is 36.9 Å². The molecule has 0 saturated carbocycles. The molecule has 1 aliphatic heterocycles. The Bertz CT molecular complexity index is 875. The summed E-state index contributed by atoms with van der Waals surface area (Å²) < 4.78 is 1.86. The van der Waals surface area contributed by atoms with Crippen LogP contribution in [0.3, 0.4) is 0 Å². The number of nitrogens with zero attached hydrogens (tertiary/aromatic N) is 4. The Balaban J connectivity index is 1.44. The van der Waals surface area contributed by atoms with Crippen molar-refractivity contribution >= 4 is 16.9 Å². The van der Waals surface area contributed by atoms with Crippen LogP contribution in [0.4, 0.5) is 0 Å². The van der Waals surface area contributed by atoms with Gasteiger partial charge in [-0.15, -0.1) is 0 Å². The first-order chi connectivity index (χ1) is 12.1. The Morgan fingerprint density at radius 2 is 2.12 bits per heavy atom. The minimum atomic E-state index is -0.201. The van der Waals surface area contributed by atoms with Crippen LogP contribution in [-0.4, -0.2) is 43.4 Å². The number of carbonyl (C=O) groups excluding carboxylic acids is 1. The second-order valence-corrected chi connectivity index (χ2v) is 6.88. The van der Waals surface area contributed by atoms with Gasteiger partial charge in [0.2, 0.25) is 5.91 Å². The number of piperidine rings is 1. The Kier molecular flexibility index (Phi) is 4.03. The first kappa shape index (κ1) is 15.9. The fourth-order valence-electron chi connectivity index (χ4n) is 3.65. The van der Waals surface area contributed by atoms with E-state index in [0.717, 1.165) is 42.8 Å². The van der Waals surface area contributed by atoms with E-state index in [9.17, 15) is 4.79 Å². The van der Waals surface area contributed by atoms with Gasteiger partial charge in [-0.05, 0) is 38.3 Å². The van der Waals surface area contributed by atoms with Crippen LogP contribution in [0.2, 0.25) is 0 Å². The third-order valence-electron chi connectivity index (χ3n) is 5.26. The minimum absolute atomic E-state index is 0.164. The van der Waals surface area contributed by atoms with Gasteiger partial charge in [-0.1, -0.05) is 12.1 Å². The fourth-order valence-corrected chi connectivity index (χ4v) is 3.65. The molecule has 0 aliphatic carbocycles. The number of fused-ring (bicyclic) bond motifs is 1. The maximum absolute atomic E-state index is 12.7. The molecule has 1 fully saturated rings. The highest BCUT2D eigenvalue weighted by Gasteiger charge is 2.28. The van der Waals surface area contributed by atoms with E-state index >= 15 is 0 Å². The molecule has 1 aliphatic rings. The van der Waals surface area contributed by atoms with Crippen molar-refractivity contribution in [3.63, 3.8) is 0 Å². The summed E-state index contributed by atoms with van der Waals surface area (Å²) in [5, 5.41) is 0. The minimum Gasteiger partial charge on any atom is -0.342 e. The van der Waals surface area contributed by atoms with Crippen molar-refractivity contribution < 1.29 is 4.79 Å². The molecular formula is C19H23N5O. The molecule has 0 radical (unpaired) electrons. The van der Waals surface area contributed by atoms with E-state index in [0.29, 0.717) is 5.92 Å². The molecule has 3 heterocycles. The number of hydrogen-bond donors (Lipinski definition) is 1. The highest BCUT2D eigenvalue weighted by Crippen LogP contribution is 2.29. The zero-order valence-corrected chi connectivity index (χ0v) is 14.6. The molecule has 1 N–H and O–H groups in total. The maximum atomic E-state index is 12.7. The monoisotopic (exact) mass is 337 g/mol. The third kappa shape index (κ3) is 2.92. The van der Waals surface area contributed by atoms with Crippen molar-refractivity contribution in [3.05, 3.63) is 48.3 Å². The third-order valence-corrected chi connectivity index (χ3v) is 5.26. The number of likely N-dealkylation sites (tertiary alicyclic amines) is 1. The molecule has 25 heavy (non-hydrogen) atoms. The molecular weight excluding hydrogens is 314 g/mol. The Labute approximate surface area is 146 Å². The van der Waals surface area contributed by atoms with Crippen LogP contribution < -0.4 is 0 Å². The smallest absolute Gasteiger partial charge is 0.245 e. The predicted octanol–water partition coefficient (Wildman–Crippen LogP) is 3.04. The standard InChI is InChI=1S/C19H23N5O/c1-13-4-3-5-16-17(13)22-18(21-16)15-6-9-23(10-7-15)19(25)14(2)24-11-8-20-12-24/h3-5,8,11-12,14-15H,6-7,9-10H2,1-2H3,(H,21,22). The number of H-pyrrole nitrogens is 1. The van der Waals surface area contributed by atoms with E-state index in [-0.39, 0.29) is 11.9 Å². The number of hydrogen-bond acceptors (Lipinski definition) is 3. The lowest BCUT2D eigenvalue weighted by atomic mass is 9.95. The molecule has 3 aromatic rings. The summed E-state index contributed by atoms with van der Waals surface area (Å²) in [5.74, 6) is 1.61. The van der Waals surface area contributed by atoms with E-state index in [1.54, 1.807) is 12.5 Å². The lowest BCUT2D eigenvalue weighted by molar-refractivity contribution is -0.135. The number of amides is 1. The summed E-state index contributed by atoms with van der Waals surface area (Å²) in [6.45, 7) is 5.57. The molecule has 1 unspecified atom stereocenters. The number of aryl methyl sites for hydroxylation is 1. The summed E-state index contributed by atoms with van der Waals surface area (Å²) in [4.78, 5) is 27.0. The van der Waals surface area contributed by atoms with Gasteiger partial charge in [0.25, 0.3) is 0 Å². The highest BCUT2D eigenvalue weighted by atomic mass is 16.2. The fraction of sp³-hybridized carbons (Fsp3) is 0.421. The van der Waals surface area contributed by atoms with Gasteiger partial charge in [0.05, 0.1) is 17.4 Å². The molecule has 0 spiro atoms. The molecule has 130 valence electrons. The van der Waals surface area contributed by atoms with Crippen molar-refractivity contribution in [2.24, 2.45) is 0 Å². The van der Waals surface area contributed by atoms with Crippen molar-refractivity contribution in [2.45, 2.75) is 38.6 Å². The predicted molar refractivity (Wildman–Crippen MR) is 96.3 cm³/mol. The van der Waals surface area contributed by atoms with Crippen LogP contribution in [0, 0.1) is 6.92 Å². The van der Waals surface area contributed by atoms with E-state index < -0.39 is 0 Å². The van der Waals surface area contributed by atoms with Crippen LogP contribution in [-0.2, 0) is 4.79 Å². The number of para-hydroxylation sites is 1. The summed E-state index contributed by atoms with van der Waals surface area (Å²) in [6.07, 6.45) is 7.14. The zero-order valence-electron chi connectivity index (χ0n) is 14.6. The van der Waals surface area contributed by atoms with E-state index in [1.165, 1.54) is 5.56 Å². The number of rotatable bonds is 3. The van der Waals surface area contributed by atoms with E-state index in [2.05, 4.69) is 35.1 Å². The SMILES string of the molecule is Cc1cccc2[nH]c(C3CCN(C(=O)C(C)n4ccnc4)CC3)nc12. The summed E-state index contributed by atoms with van der Waals surface area (Å²) in [7, 11) is 0. The molecule has 1 atom stereocenters. The van der Waals surface area contributed by atoms with Gasteiger partial charge in [0, 0.05) is 31.4 Å². The van der Waals surface area contributed by atoms with Gasteiger partial charge in [-0.2, -0.15) is 0 Å². The number of nitrogens with one attached hydrogen (secondary N) is 1. The van der Waals surface area contributed by atoms with Gasteiger partial charge in [0.1, 0.15) is 11.9 Å². The largest absolute Gasteiger partial charge is 0.342 e. The van der Waals surface area contributed by atoms with Crippen LogP contribution in [0.25, 0.3) is 11.0 Å². The second-order valence-electron chi connectivity index (χ2n) is 6.88. The summed E-state index contributed by atoms with van der Waals surface area (Å²) >= 11 is 0.